The van der Waals surface area contributed by atoms with Crippen molar-refractivity contribution < 1.29 is 4.79 Å². The lowest BCUT2D eigenvalue weighted by atomic mass is 9.90. The Kier molecular flexibility index (Phi) is 2.75. The number of benzene rings is 1. The summed E-state index contributed by atoms with van der Waals surface area (Å²) in [6.45, 7) is 8.67. The second kappa shape index (κ2) is 3.93. The highest BCUT2D eigenvalue weighted by atomic mass is 16.1. The molecule has 1 aliphatic rings. The normalized spacial score (nSPS) is 14.5. The topological polar surface area (TPSA) is 29.1 Å². The van der Waals surface area contributed by atoms with E-state index >= 15 is 0 Å². The molecule has 1 aliphatic heterocycles. The molecule has 1 aromatic rings. The van der Waals surface area contributed by atoms with Gasteiger partial charge in [-0.1, -0.05) is 39.8 Å². The summed E-state index contributed by atoms with van der Waals surface area (Å²) in [4.78, 5) is 11.5. The van der Waals surface area contributed by atoms with Gasteiger partial charge in [0.25, 0.3) is 0 Å². The zero-order valence-electron chi connectivity index (χ0n) is 10.4. The minimum absolute atomic E-state index is 0.130. The fourth-order valence-electron chi connectivity index (χ4n) is 2.39. The highest BCUT2D eigenvalue weighted by Gasteiger charge is 2.25. The quantitative estimate of drug-likeness (QED) is 0.808. The number of amides is 1. The van der Waals surface area contributed by atoms with Gasteiger partial charge >= 0.3 is 0 Å². The van der Waals surface area contributed by atoms with Crippen molar-refractivity contribution in [2.75, 3.05) is 5.32 Å². The summed E-state index contributed by atoms with van der Waals surface area (Å²) >= 11 is 0. The van der Waals surface area contributed by atoms with E-state index in [-0.39, 0.29) is 5.91 Å². The van der Waals surface area contributed by atoms with Crippen molar-refractivity contribution in [3.8, 4) is 0 Å². The van der Waals surface area contributed by atoms with E-state index in [2.05, 4.69) is 45.1 Å². The highest BCUT2D eigenvalue weighted by Crippen LogP contribution is 2.36. The molecule has 86 valence electrons. The van der Waals surface area contributed by atoms with Gasteiger partial charge in [-0.05, 0) is 28.5 Å². The van der Waals surface area contributed by atoms with Gasteiger partial charge in [-0.3, -0.25) is 4.79 Å². The molecule has 2 rings (SSSR count). The molecule has 0 fully saturated rings. The fourth-order valence-corrected chi connectivity index (χ4v) is 2.39. The lowest BCUT2D eigenvalue weighted by Crippen LogP contribution is -2.05. The van der Waals surface area contributed by atoms with Crippen molar-refractivity contribution in [2.45, 2.75) is 46.0 Å². The first kappa shape index (κ1) is 11.2. The predicted molar refractivity (Wildman–Crippen MR) is 67.0 cm³/mol. The Hall–Kier alpha value is -1.31. The number of rotatable bonds is 2. The molecule has 0 saturated heterocycles. The molecule has 16 heavy (non-hydrogen) atoms. The Morgan fingerprint density at radius 2 is 1.62 bits per heavy atom. The van der Waals surface area contributed by atoms with Crippen LogP contribution in [0.1, 0.15) is 56.2 Å². The van der Waals surface area contributed by atoms with Crippen LogP contribution in [0.3, 0.4) is 0 Å². The third-order valence-electron chi connectivity index (χ3n) is 3.23. The average Bonchev–Trinajstić information content (AvgIpc) is 2.56. The van der Waals surface area contributed by atoms with Gasteiger partial charge in [-0.2, -0.15) is 0 Å². The molecule has 0 unspecified atom stereocenters. The minimum atomic E-state index is 0.130. The summed E-state index contributed by atoms with van der Waals surface area (Å²) in [5.41, 5.74) is 4.85. The van der Waals surface area contributed by atoms with Gasteiger partial charge in [0.05, 0.1) is 6.42 Å². The van der Waals surface area contributed by atoms with Crippen LogP contribution in [-0.2, 0) is 11.2 Å². The molecule has 0 atom stereocenters. The monoisotopic (exact) mass is 217 g/mol. The van der Waals surface area contributed by atoms with E-state index in [4.69, 9.17) is 0 Å². The van der Waals surface area contributed by atoms with E-state index < -0.39 is 0 Å². The molecule has 0 saturated carbocycles. The second-order valence-corrected chi connectivity index (χ2v) is 5.13. The highest BCUT2D eigenvalue weighted by molar-refractivity contribution is 6.00. The maximum Gasteiger partial charge on any atom is 0.228 e. The molecule has 0 aromatic heterocycles. The van der Waals surface area contributed by atoms with E-state index in [1.165, 1.54) is 16.7 Å². The molecule has 0 bridgehead atoms. The van der Waals surface area contributed by atoms with E-state index in [9.17, 15) is 4.79 Å². The van der Waals surface area contributed by atoms with Gasteiger partial charge in [0, 0.05) is 5.69 Å². The van der Waals surface area contributed by atoms with Crippen LogP contribution in [-0.4, -0.2) is 5.91 Å². The van der Waals surface area contributed by atoms with Crippen molar-refractivity contribution in [1.82, 2.24) is 0 Å². The van der Waals surface area contributed by atoms with Crippen molar-refractivity contribution in [3.05, 3.63) is 28.8 Å². The first-order chi connectivity index (χ1) is 7.50. The van der Waals surface area contributed by atoms with Gasteiger partial charge in [-0.25, -0.2) is 0 Å². The Morgan fingerprint density at radius 1 is 1.06 bits per heavy atom. The third-order valence-corrected chi connectivity index (χ3v) is 3.23. The van der Waals surface area contributed by atoms with Crippen LogP contribution >= 0.6 is 0 Å². The molecule has 0 spiro atoms. The van der Waals surface area contributed by atoms with Crippen molar-refractivity contribution in [2.24, 2.45) is 0 Å². The van der Waals surface area contributed by atoms with Crippen LogP contribution in [0, 0.1) is 0 Å². The lowest BCUT2D eigenvalue weighted by molar-refractivity contribution is -0.115. The van der Waals surface area contributed by atoms with Crippen molar-refractivity contribution in [3.63, 3.8) is 0 Å². The van der Waals surface area contributed by atoms with Crippen LogP contribution in [0.25, 0.3) is 0 Å². The first-order valence-electron chi connectivity index (χ1n) is 5.96. The van der Waals surface area contributed by atoms with E-state index in [1.54, 1.807) is 0 Å². The summed E-state index contributed by atoms with van der Waals surface area (Å²) in [7, 11) is 0. The van der Waals surface area contributed by atoms with Crippen LogP contribution in [0.2, 0.25) is 0 Å². The number of hydrogen-bond donors (Lipinski definition) is 1. The molecule has 2 heteroatoms. The molecule has 0 aliphatic carbocycles. The molecule has 1 heterocycles. The largest absolute Gasteiger partial charge is 0.325 e. The molecule has 2 nitrogen and oxygen atoms in total. The standard InChI is InChI=1S/C14H19NO/c1-8(2)10-5-6-11(9(3)4)14-12(10)7-13(16)15-14/h5-6,8-9H,7H2,1-4H3,(H,15,16). The summed E-state index contributed by atoms with van der Waals surface area (Å²) < 4.78 is 0. The van der Waals surface area contributed by atoms with Crippen LogP contribution < -0.4 is 5.32 Å². The lowest BCUT2D eigenvalue weighted by Gasteiger charge is -2.16. The zero-order chi connectivity index (χ0) is 11.9. The van der Waals surface area contributed by atoms with Gasteiger partial charge in [0.1, 0.15) is 0 Å². The van der Waals surface area contributed by atoms with Gasteiger partial charge in [0.2, 0.25) is 5.91 Å². The van der Waals surface area contributed by atoms with E-state index in [0.29, 0.717) is 18.3 Å². The Balaban J connectivity index is 2.58. The summed E-state index contributed by atoms with van der Waals surface area (Å²) in [6.07, 6.45) is 0.545. The maximum absolute atomic E-state index is 11.5. The number of hydrogen-bond acceptors (Lipinski definition) is 1. The number of fused-ring (bicyclic) bond motifs is 1. The van der Waals surface area contributed by atoms with E-state index in [1.807, 2.05) is 0 Å². The Morgan fingerprint density at radius 3 is 2.19 bits per heavy atom. The number of carbonyl (C=O) groups excluding carboxylic acids is 1. The number of anilines is 1. The smallest absolute Gasteiger partial charge is 0.228 e. The van der Waals surface area contributed by atoms with E-state index in [0.717, 1.165) is 5.69 Å². The van der Waals surface area contributed by atoms with Crippen LogP contribution in [0.5, 0.6) is 0 Å². The first-order valence-corrected chi connectivity index (χ1v) is 5.96. The molecule has 0 radical (unpaired) electrons. The summed E-state index contributed by atoms with van der Waals surface area (Å²) in [5.74, 6) is 1.06. The SMILES string of the molecule is CC(C)c1ccc(C(C)C)c2c1CC(=O)N2. The molecular weight excluding hydrogens is 198 g/mol. The maximum atomic E-state index is 11.5. The summed E-state index contributed by atoms with van der Waals surface area (Å²) in [5, 5.41) is 3.00. The second-order valence-electron chi connectivity index (χ2n) is 5.13. The predicted octanol–water partition coefficient (Wildman–Crippen LogP) is 3.43. The Labute approximate surface area is 97.1 Å². The molecular formula is C14H19NO. The van der Waals surface area contributed by atoms with Gasteiger partial charge in [-0.15, -0.1) is 0 Å². The third kappa shape index (κ3) is 1.73. The fraction of sp³-hybridized carbons (Fsp3) is 0.500. The zero-order valence-corrected chi connectivity index (χ0v) is 10.4. The Bertz CT molecular complexity index is 394. The number of carbonyl (C=O) groups is 1. The number of nitrogens with one attached hydrogen (secondary N) is 1. The molecule has 1 N–H and O–H groups in total. The van der Waals surface area contributed by atoms with Crippen molar-refractivity contribution in [1.29, 1.82) is 0 Å². The van der Waals surface area contributed by atoms with Crippen LogP contribution in [0.15, 0.2) is 12.1 Å². The average molecular weight is 217 g/mol. The molecule has 1 amide bonds. The summed E-state index contributed by atoms with van der Waals surface area (Å²) in [6, 6.07) is 4.34. The van der Waals surface area contributed by atoms with Gasteiger partial charge in [0.15, 0.2) is 0 Å². The van der Waals surface area contributed by atoms with Gasteiger partial charge < -0.3 is 5.32 Å². The molecule has 1 aromatic carbocycles. The van der Waals surface area contributed by atoms with Crippen LogP contribution in [0.4, 0.5) is 5.69 Å². The van der Waals surface area contributed by atoms with Crippen molar-refractivity contribution >= 4 is 11.6 Å². The minimum Gasteiger partial charge on any atom is -0.325 e.